The molecule has 0 aliphatic heterocycles. The van der Waals surface area contributed by atoms with Gasteiger partial charge in [0.25, 0.3) is 21.6 Å². The van der Waals surface area contributed by atoms with E-state index >= 15 is 0 Å². The lowest BCUT2D eigenvalue weighted by molar-refractivity contribution is 0.107. The highest BCUT2D eigenvalue weighted by atomic mass is 32.2. The van der Waals surface area contributed by atoms with E-state index in [4.69, 9.17) is 9.88 Å². The van der Waals surface area contributed by atoms with E-state index < -0.39 is 33.1 Å². The quantitative estimate of drug-likeness (QED) is 0.677. The van der Waals surface area contributed by atoms with Gasteiger partial charge in [-0.15, -0.1) is 0 Å². The van der Waals surface area contributed by atoms with Crippen LogP contribution in [0.1, 0.15) is 22.5 Å². The highest BCUT2D eigenvalue weighted by Gasteiger charge is 2.21. The number of carbonyl (C=O) groups excluding carboxylic acids is 1. The smallest absolute Gasteiger partial charge is 0.291 e. The third-order valence-corrected chi connectivity index (χ3v) is 4.76. The molecular formula is C18H14F3N3O4S. The molecule has 0 fully saturated rings. The highest BCUT2D eigenvalue weighted by Crippen LogP contribution is 2.30. The molecule has 0 spiro atoms. The lowest BCUT2D eigenvalue weighted by Crippen LogP contribution is -2.23. The average Bonchev–Trinajstić information content (AvgIpc) is 3.12. The van der Waals surface area contributed by atoms with Gasteiger partial charge >= 0.3 is 0 Å². The van der Waals surface area contributed by atoms with Gasteiger partial charge in [-0.05, 0) is 48.5 Å². The van der Waals surface area contributed by atoms with Crippen molar-refractivity contribution in [2.24, 2.45) is 5.14 Å². The molecule has 2 N–H and O–H groups in total. The number of hydrogen-bond acceptors (Lipinski definition) is 5. The predicted molar refractivity (Wildman–Crippen MR) is 97.9 cm³/mol. The summed E-state index contributed by atoms with van der Waals surface area (Å²) in [5.41, 5.74) is -0.0793. The van der Waals surface area contributed by atoms with Crippen molar-refractivity contribution >= 4 is 15.1 Å². The van der Waals surface area contributed by atoms with Crippen LogP contribution in [-0.4, -0.2) is 30.4 Å². The van der Waals surface area contributed by atoms with Gasteiger partial charge in [-0.2, -0.15) is 5.10 Å². The van der Waals surface area contributed by atoms with Gasteiger partial charge in [0, 0.05) is 11.1 Å². The number of ether oxygens (including phenoxy) is 1. The van der Waals surface area contributed by atoms with Crippen LogP contribution in [0.5, 0.6) is 5.75 Å². The second-order valence-corrected chi connectivity index (χ2v) is 7.36. The number of nitrogens with zero attached hydrogens (tertiary/aromatic N) is 2. The molecule has 0 amide bonds. The number of alkyl halides is 2. The Bertz CT molecular complexity index is 1180. The molecule has 152 valence electrons. The minimum Gasteiger partial charge on any atom is -0.494 e. The summed E-state index contributed by atoms with van der Waals surface area (Å²) >= 11 is 0. The summed E-state index contributed by atoms with van der Waals surface area (Å²) in [7, 11) is -3.12. The molecule has 11 heteroatoms. The van der Waals surface area contributed by atoms with Gasteiger partial charge in [0.15, 0.2) is 11.6 Å². The number of hydrogen-bond donors (Lipinski definition) is 1. The fourth-order valence-corrected chi connectivity index (χ4v) is 3.10. The van der Waals surface area contributed by atoms with E-state index in [0.717, 1.165) is 16.8 Å². The van der Waals surface area contributed by atoms with Gasteiger partial charge in [0.2, 0.25) is 0 Å². The Balaban J connectivity index is 2.10. The number of sulfonamides is 1. The van der Waals surface area contributed by atoms with Crippen molar-refractivity contribution < 1.29 is 31.1 Å². The molecule has 0 radical (unpaired) electrons. The Morgan fingerprint density at radius 2 is 1.79 bits per heavy atom. The fraction of sp³-hybridized carbons (Fsp3) is 0.111. The number of aromatic nitrogens is 2. The van der Waals surface area contributed by atoms with Crippen molar-refractivity contribution in [3.05, 3.63) is 65.6 Å². The van der Waals surface area contributed by atoms with Crippen molar-refractivity contribution in [1.29, 1.82) is 0 Å². The molecule has 0 saturated heterocycles. The number of methoxy groups -OCH3 is 1. The maximum Gasteiger partial charge on any atom is 0.291 e. The fourth-order valence-electron chi connectivity index (χ4n) is 2.64. The second kappa shape index (κ2) is 7.68. The van der Waals surface area contributed by atoms with Gasteiger partial charge in [0.1, 0.15) is 5.69 Å². The Hall–Kier alpha value is -3.18. The Morgan fingerprint density at radius 1 is 1.14 bits per heavy atom. The molecule has 1 aromatic heterocycles. The summed E-state index contributed by atoms with van der Waals surface area (Å²) in [4.78, 5) is 11.7. The first kappa shape index (κ1) is 20.6. The van der Waals surface area contributed by atoms with Crippen LogP contribution < -0.4 is 9.88 Å². The second-order valence-electron chi connectivity index (χ2n) is 5.90. The van der Waals surface area contributed by atoms with E-state index in [2.05, 4.69) is 5.10 Å². The molecule has 0 unspecified atom stereocenters. The third-order valence-electron chi connectivity index (χ3n) is 4.01. The molecule has 2 aromatic carbocycles. The lowest BCUT2D eigenvalue weighted by atomic mass is 10.1. The van der Waals surface area contributed by atoms with E-state index in [-0.39, 0.29) is 28.3 Å². The summed E-state index contributed by atoms with van der Waals surface area (Å²) in [6.07, 6.45) is -2.87. The first-order valence-electron chi connectivity index (χ1n) is 8.01. The molecule has 3 rings (SSSR count). The van der Waals surface area contributed by atoms with E-state index in [1.807, 2.05) is 0 Å². The zero-order valence-electron chi connectivity index (χ0n) is 14.8. The van der Waals surface area contributed by atoms with E-state index in [1.54, 1.807) is 0 Å². The van der Waals surface area contributed by atoms with Crippen LogP contribution in [0.15, 0.2) is 48.5 Å². The number of primary sulfonamides is 1. The largest absolute Gasteiger partial charge is 0.494 e. The monoisotopic (exact) mass is 425 g/mol. The van der Waals surface area contributed by atoms with Crippen molar-refractivity contribution in [2.75, 3.05) is 7.11 Å². The van der Waals surface area contributed by atoms with Gasteiger partial charge < -0.3 is 4.74 Å². The normalized spacial score (nSPS) is 11.7. The zero-order chi connectivity index (χ0) is 21.3. The lowest BCUT2D eigenvalue weighted by Gasteiger charge is -2.09. The summed E-state index contributed by atoms with van der Waals surface area (Å²) in [5.74, 6) is -0.704. The van der Waals surface area contributed by atoms with Crippen molar-refractivity contribution in [1.82, 2.24) is 9.78 Å². The molecule has 1 heterocycles. The number of rotatable bonds is 5. The van der Waals surface area contributed by atoms with E-state index in [9.17, 15) is 26.4 Å². The first-order chi connectivity index (χ1) is 13.6. The summed E-state index contributed by atoms with van der Waals surface area (Å²) < 4.78 is 68.8. The molecular weight excluding hydrogens is 411 g/mol. The number of carbonyl (C=O) groups is 1. The van der Waals surface area contributed by atoms with Crippen molar-refractivity contribution in [3.63, 3.8) is 0 Å². The molecule has 0 aliphatic carbocycles. The average molecular weight is 425 g/mol. The summed E-state index contributed by atoms with van der Waals surface area (Å²) in [5, 5.41) is 7.37. The van der Waals surface area contributed by atoms with Crippen LogP contribution in [0.2, 0.25) is 0 Å². The first-order valence-corrected chi connectivity index (χ1v) is 9.56. The van der Waals surface area contributed by atoms with E-state index in [1.165, 1.54) is 43.5 Å². The highest BCUT2D eigenvalue weighted by molar-refractivity contribution is 8.04. The molecule has 29 heavy (non-hydrogen) atoms. The molecule has 0 bridgehead atoms. The Kier molecular flexibility index (Phi) is 5.44. The van der Waals surface area contributed by atoms with Crippen molar-refractivity contribution in [2.45, 2.75) is 6.43 Å². The zero-order valence-corrected chi connectivity index (χ0v) is 15.7. The van der Waals surface area contributed by atoms with Gasteiger partial charge in [0.05, 0.1) is 18.5 Å². The topological polar surface area (TPSA) is 104 Å². The number of benzene rings is 2. The minimum atomic E-state index is -4.42. The van der Waals surface area contributed by atoms with Crippen LogP contribution in [-0.2, 0) is 10.0 Å². The minimum absolute atomic E-state index is 0.0141. The van der Waals surface area contributed by atoms with Crippen LogP contribution in [0.25, 0.3) is 16.9 Å². The van der Waals surface area contributed by atoms with Crippen LogP contribution >= 0.6 is 0 Å². The molecule has 0 saturated carbocycles. The standard InChI is InChI=1S/C18H14F3N3O4S/c1-28-16-7-4-11(8-13(16)19)15-9-14(17(20)21)23-24(15)12-5-2-10(3-6-12)18(25)29(22,26)27/h2-9,17H,1H3,(H2,22,26,27). The Morgan fingerprint density at radius 3 is 2.31 bits per heavy atom. The van der Waals surface area contributed by atoms with Crippen molar-refractivity contribution in [3.8, 4) is 22.7 Å². The third kappa shape index (κ3) is 4.15. The van der Waals surface area contributed by atoms with Gasteiger partial charge in [-0.25, -0.2) is 31.4 Å². The predicted octanol–water partition coefficient (Wildman–Crippen LogP) is 3.05. The van der Waals surface area contributed by atoms with Gasteiger partial charge in [-0.1, -0.05) is 0 Å². The van der Waals surface area contributed by atoms with Crippen LogP contribution in [0.4, 0.5) is 13.2 Å². The number of halogens is 3. The van der Waals surface area contributed by atoms with Crippen LogP contribution in [0, 0.1) is 5.82 Å². The molecule has 0 aliphatic rings. The number of nitrogens with two attached hydrogens (primary N) is 1. The van der Waals surface area contributed by atoms with E-state index in [0.29, 0.717) is 0 Å². The molecule has 7 nitrogen and oxygen atoms in total. The van der Waals surface area contributed by atoms with Crippen LogP contribution in [0.3, 0.4) is 0 Å². The maximum atomic E-state index is 14.1. The summed E-state index contributed by atoms with van der Waals surface area (Å²) in [6.45, 7) is 0. The maximum absolute atomic E-state index is 14.1. The SMILES string of the molecule is COc1ccc(-c2cc(C(F)F)nn2-c2ccc(C(=O)S(N)(=O)=O)cc2)cc1F. The Labute approximate surface area is 163 Å². The molecule has 0 atom stereocenters. The summed E-state index contributed by atoms with van der Waals surface area (Å²) in [6, 6.07) is 10.00. The molecule has 3 aromatic rings. The van der Waals surface area contributed by atoms with Gasteiger partial charge in [-0.3, -0.25) is 4.79 Å².